The van der Waals surface area contributed by atoms with Crippen LogP contribution < -0.4 is 0 Å². The lowest BCUT2D eigenvalue weighted by atomic mass is 10.4. The van der Waals surface area contributed by atoms with Gasteiger partial charge in [-0.1, -0.05) is 6.92 Å². The highest BCUT2D eigenvalue weighted by Gasteiger charge is 1.95. The minimum absolute atomic E-state index is 0.395. The third-order valence-corrected chi connectivity index (χ3v) is 1.12. The van der Waals surface area contributed by atoms with Crippen LogP contribution in [0.25, 0.3) is 0 Å². The first-order valence-electron chi connectivity index (χ1n) is 2.85. The molecular formula is C7H7NO. The molecule has 0 radical (unpaired) electrons. The predicted octanol–water partition coefficient (Wildman–Crippen LogP) is 1.71. The average Bonchev–Trinajstić information content (AvgIpc) is 2.34. The zero-order chi connectivity index (χ0) is 6.69. The van der Waals surface area contributed by atoms with Crippen molar-refractivity contribution < 1.29 is 4.42 Å². The van der Waals surface area contributed by atoms with Crippen LogP contribution in [0.5, 0.6) is 0 Å². The minimum atomic E-state index is 0.395. The summed E-state index contributed by atoms with van der Waals surface area (Å²) in [6.45, 7) is 1.99. The van der Waals surface area contributed by atoms with Gasteiger partial charge < -0.3 is 4.42 Å². The van der Waals surface area contributed by atoms with Crippen LogP contribution in [0.1, 0.15) is 18.4 Å². The summed E-state index contributed by atoms with van der Waals surface area (Å²) in [6.07, 6.45) is 0.849. The van der Waals surface area contributed by atoms with Crippen LogP contribution in [0.3, 0.4) is 0 Å². The molecule has 1 heterocycles. The van der Waals surface area contributed by atoms with Crippen LogP contribution in [-0.4, -0.2) is 0 Å². The summed E-state index contributed by atoms with van der Waals surface area (Å²) < 4.78 is 5.02. The second-order valence-corrected chi connectivity index (χ2v) is 1.73. The molecule has 2 heteroatoms. The van der Waals surface area contributed by atoms with Crippen LogP contribution in [0.2, 0.25) is 0 Å². The van der Waals surface area contributed by atoms with Gasteiger partial charge in [0, 0.05) is 6.42 Å². The Bertz CT molecular complexity index is 231. The highest BCUT2D eigenvalue weighted by atomic mass is 16.3. The van der Waals surface area contributed by atoms with Gasteiger partial charge in [0.25, 0.3) is 0 Å². The van der Waals surface area contributed by atoms with Crippen LogP contribution >= 0.6 is 0 Å². The van der Waals surface area contributed by atoms with E-state index in [2.05, 4.69) is 0 Å². The molecule has 0 atom stereocenters. The minimum Gasteiger partial charge on any atom is -0.451 e. The fourth-order valence-electron chi connectivity index (χ4n) is 0.628. The highest BCUT2D eigenvalue weighted by molar-refractivity contribution is 5.18. The number of hydrogen-bond donors (Lipinski definition) is 0. The fourth-order valence-corrected chi connectivity index (χ4v) is 0.628. The average molecular weight is 121 g/mol. The highest BCUT2D eigenvalue weighted by Crippen LogP contribution is 2.05. The van der Waals surface area contributed by atoms with Gasteiger partial charge in [0.05, 0.1) is 0 Å². The monoisotopic (exact) mass is 121 g/mol. The van der Waals surface area contributed by atoms with Crippen molar-refractivity contribution in [1.82, 2.24) is 0 Å². The van der Waals surface area contributed by atoms with E-state index < -0.39 is 0 Å². The summed E-state index contributed by atoms with van der Waals surface area (Å²) in [7, 11) is 0. The maximum Gasteiger partial charge on any atom is 0.203 e. The molecule has 0 spiro atoms. The van der Waals surface area contributed by atoms with Crippen LogP contribution in [0, 0.1) is 11.3 Å². The molecular weight excluding hydrogens is 114 g/mol. The van der Waals surface area contributed by atoms with Crippen LogP contribution in [-0.2, 0) is 6.42 Å². The molecule has 0 saturated heterocycles. The summed E-state index contributed by atoms with van der Waals surface area (Å²) in [4.78, 5) is 0. The lowest BCUT2D eigenvalue weighted by molar-refractivity contribution is 0.504. The van der Waals surface area contributed by atoms with Gasteiger partial charge >= 0.3 is 0 Å². The number of hydrogen-bond acceptors (Lipinski definition) is 2. The Kier molecular flexibility index (Phi) is 1.55. The molecule has 0 unspecified atom stereocenters. The number of aryl methyl sites for hydroxylation is 1. The summed E-state index contributed by atoms with van der Waals surface area (Å²) in [6, 6.07) is 5.41. The second-order valence-electron chi connectivity index (χ2n) is 1.73. The summed E-state index contributed by atoms with van der Waals surface area (Å²) in [5.74, 6) is 1.26. The van der Waals surface area contributed by atoms with Crippen molar-refractivity contribution in [2.24, 2.45) is 0 Å². The number of rotatable bonds is 1. The molecule has 9 heavy (non-hydrogen) atoms. The number of nitrogens with zero attached hydrogens (tertiary/aromatic N) is 1. The van der Waals surface area contributed by atoms with E-state index in [9.17, 15) is 0 Å². The van der Waals surface area contributed by atoms with E-state index in [-0.39, 0.29) is 0 Å². The molecule has 1 aromatic rings. The Morgan fingerprint density at radius 2 is 2.44 bits per heavy atom. The second kappa shape index (κ2) is 2.36. The van der Waals surface area contributed by atoms with E-state index in [0.29, 0.717) is 5.76 Å². The molecule has 1 rings (SSSR count). The Labute approximate surface area is 53.7 Å². The quantitative estimate of drug-likeness (QED) is 0.567. The standard InChI is InChI=1S/C7H7NO/c1-2-6-3-4-7(5-8)9-6/h3-4H,2H2,1H3. The third kappa shape index (κ3) is 1.11. The third-order valence-electron chi connectivity index (χ3n) is 1.12. The van der Waals surface area contributed by atoms with E-state index in [0.717, 1.165) is 12.2 Å². The molecule has 2 nitrogen and oxygen atoms in total. The van der Waals surface area contributed by atoms with Gasteiger partial charge in [0.1, 0.15) is 11.8 Å². The maximum absolute atomic E-state index is 8.30. The normalized spacial score (nSPS) is 8.89. The Balaban J connectivity index is 2.90. The van der Waals surface area contributed by atoms with Gasteiger partial charge in [0.15, 0.2) is 0 Å². The van der Waals surface area contributed by atoms with Crippen LogP contribution in [0.15, 0.2) is 16.5 Å². The Morgan fingerprint density at radius 1 is 1.67 bits per heavy atom. The van der Waals surface area contributed by atoms with Gasteiger partial charge in [-0.2, -0.15) is 5.26 Å². The Hall–Kier alpha value is -1.23. The summed E-state index contributed by atoms with van der Waals surface area (Å²) in [5, 5.41) is 8.30. The van der Waals surface area contributed by atoms with Crippen molar-refractivity contribution in [3.8, 4) is 6.07 Å². The number of furan rings is 1. The van der Waals surface area contributed by atoms with Crippen molar-refractivity contribution in [3.05, 3.63) is 23.7 Å². The van der Waals surface area contributed by atoms with Crippen molar-refractivity contribution in [1.29, 1.82) is 5.26 Å². The predicted molar refractivity (Wildman–Crippen MR) is 32.8 cm³/mol. The molecule has 0 saturated carbocycles. The smallest absolute Gasteiger partial charge is 0.203 e. The molecule has 0 amide bonds. The summed E-state index contributed by atoms with van der Waals surface area (Å²) >= 11 is 0. The van der Waals surface area contributed by atoms with E-state index >= 15 is 0 Å². The fraction of sp³-hybridized carbons (Fsp3) is 0.286. The van der Waals surface area contributed by atoms with Crippen molar-refractivity contribution >= 4 is 0 Å². The van der Waals surface area contributed by atoms with Crippen molar-refractivity contribution in [2.45, 2.75) is 13.3 Å². The van der Waals surface area contributed by atoms with Crippen molar-refractivity contribution in [2.75, 3.05) is 0 Å². The van der Waals surface area contributed by atoms with Gasteiger partial charge in [0.2, 0.25) is 5.76 Å². The molecule has 0 N–H and O–H groups in total. The first kappa shape index (κ1) is 5.90. The molecule has 0 aromatic carbocycles. The van der Waals surface area contributed by atoms with E-state index in [4.69, 9.17) is 9.68 Å². The number of nitriles is 1. The topological polar surface area (TPSA) is 36.9 Å². The molecule has 0 aliphatic carbocycles. The summed E-state index contributed by atoms with van der Waals surface area (Å²) in [5.41, 5.74) is 0. The van der Waals surface area contributed by atoms with Crippen LogP contribution in [0.4, 0.5) is 0 Å². The first-order valence-corrected chi connectivity index (χ1v) is 2.85. The lowest BCUT2D eigenvalue weighted by Crippen LogP contribution is -1.68. The van der Waals surface area contributed by atoms with Gasteiger partial charge in [-0.25, -0.2) is 0 Å². The molecule has 0 aliphatic rings. The Morgan fingerprint density at radius 3 is 2.78 bits per heavy atom. The van der Waals surface area contributed by atoms with Gasteiger partial charge in [-0.3, -0.25) is 0 Å². The van der Waals surface area contributed by atoms with Gasteiger partial charge in [-0.15, -0.1) is 0 Å². The van der Waals surface area contributed by atoms with E-state index in [1.165, 1.54) is 0 Å². The van der Waals surface area contributed by atoms with E-state index in [1.807, 2.05) is 19.1 Å². The maximum atomic E-state index is 8.30. The molecule has 0 aliphatic heterocycles. The van der Waals surface area contributed by atoms with Crippen molar-refractivity contribution in [3.63, 3.8) is 0 Å². The zero-order valence-corrected chi connectivity index (χ0v) is 5.22. The largest absolute Gasteiger partial charge is 0.451 e. The lowest BCUT2D eigenvalue weighted by Gasteiger charge is -1.81. The first-order chi connectivity index (χ1) is 4.36. The van der Waals surface area contributed by atoms with E-state index in [1.54, 1.807) is 6.07 Å². The SMILES string of the molecule is CCc1ccc(C#N)o1. The zero-order valence-electron chi connectivity index (χ0n) is 5.22. The molecule has 0 bridgehead atoms. The van der Waals surface area contributed by atoms with Gasteiger partial charge in [-0.05, 0) is 12.1 Å². The molecule has 46 valence electrons. The molecule has 0 fully saturated rings. The molecule has 1 aromatic heterocycles.